The van der Waals surface area contributed by atoms with Crippen LogP contribution in [0.15, 0.2) is 15.4 Å². The van der Waals surface area contributed by atoms with E-state index in [2.05, 4.69) is 5.32 Å². The van der Waals surface area contributed by atoms with Crippen LogP contribution in [0.4, 0.5) is 0 Å². The molecule has 2 saturated heterocycles. The summed E-state index contributed by atoms with van der Waals surface area (Å²) in [6.07, 6.45) is 0. The molecule has 1 aromatic rings. The Morgan fingerprint density at radius 1 is 1.32 bits per heavy atom. The topological polar surface area (TPSA) is 82.9 Å². The van der Waals surface area contributed by atoms with Gasteiger partial charge in [-0.15, -0.1) is 0 Å². The van der Waals surface area contributed by atoms with Gasteiger partial charge >= 0.3 is 0 Å². The van der Waals surface area contributed by atoms with Crippen molar-refractivity contribution in [3.05, 3.63) is 17.6 Å². The SMILES string of the molecule is Cc1oc(C(=O)N2C[C@H]3CNC[C@H]3C2)cc1S(=O)(=O)N(C)C. The van der Waals surface area contributed by atoms with Gasteiger partial charge in [-0.25, -0.2) is 12.7 Å². The maximum Gasteiger partial charge on any atom is 0.289 e. The number of sulfonamides is 1. The van der Waals surface area contributed by atoms with Gasteiger partial charge in [0.25, 0.3) is 5.91 Å². The van der Waals surface area contributed by atoms with E-state index in [9.17, 15) is 13.2 Å². The highest BCUT2D eigenvalue weighted by atomic mass is 32.2. The van der Waals surface area contributed by atoms with Crippen LogP contribution < -0.4 is 5.32 Å². The molecule has 2 fully saturated rings. The number of nitrogens with one attached hydrogen (secondary N) is 1. The lowest BCUT2D eigenvalue weighted by molar-refractivity contribution is 0.0748. The molecule has 1 N–H and O–H groups in total. The maximum absolute atomic E-state index is 12.5. The van der Waals surface area contributed by atoms with Gasteiger partial charge in [-0.05, 0) is 18.8 Å². The van der Waals surface area contributed by atoms with Crippen LogP contribution in [0.1, 0.15) is 16.3 Å². The summed E-state index contributed by atoms with van der Waals surface area (Å²) < 4.78 is 31.0. The van der Waals surface area contributed by atoms with Crippen LogP contribution in [-0.4, -0.2) is 63.8 Å². The number of fused-ring (bicyclic) bond motifs is 1. The van der Waals surface area contributed by atoms with Crippen molar-refractivity contribution in [2.75, 3.05) is 40.3 Å². The molecule has 0 unspecified atom stereocenters. The second kappa shape index (κ2) is 5.36. The predicted molar refractivity (Wildman–Crippen MR) is 80.1 cm³/mol. The quantitative estimate of drug-likeness (QED) is 0.853. The summed E-state index contributed by atoms with van der Waals surface area (Å²) in [5.74, 6) is 1.11. The molecule has 1 amide bonds. The Hall–Kier alpha value is -1.38. The number of furan rings is 1. The number of carbonyl (C=O) groups is 1. The number of rotatable bonds is 3. The van der Waals surface area contributed by atoms with Crippen molar-refractivity contribution < 1.29 is 17.6 Å². The average Bonchev–Trinajstić information content (AvgIpc) is 3.10. The summed E-state index contributed by atoms with van der Waals surface area (Å²) in [5, 5.41) is 3.32. The van der Waals surface area contributed by atoms with Crippen LogP contribution >= 0.6 is 0 Å². The zero-order chi connectivity index (χ0) is 16.1. The summed E-state index contributed by atoms with van der Waals surface area (Å²) in [6, 6.07) is 1.35. The molecule has 2 aliphatic rings. The van der Waals surface area contributed by atoms with E-state index in [0.717, 1.165) is 17.4 Å². The molecule has 2 atom stereocenters. The summed E-state index contributed by atoms with van der Waals surface area (Å²) >= 11 is 0. The highest BCUT2D eigenvalue weighted by Crippen LogP contribution is 2.29. The van der Waals surface area contributed by atoms with Crippen molar-refractivity contribution in [2.24, 2.45) is 11.8 Å². The summed E-state index contributed by atoms with van der Waals surface area (Å²) in [5.41, 5.74) is 0. The predicted octanol–water partition coefficient (Wildman–Crippen LogP) is 0.130. The highest BCUT2D eigenvalue weighted by molar-refractivity contribution is 7.89. The van der Waals surface area contributed by atoms with Crippen molar-refractivity contribution >= 4 is 15.9 Å². The fourth-order valence-electron chi connectivity index (χ4n) is 3.20. The Morgan fingerprint density at radius 3 is 2.45 bits per heavy atom. The molecule has 0 aromatic carbocycles. The molecule has 8 heteroatoms. The summed E-state index contributed by atoms with van der Waals surface area (Å²) in [6.45, 7) is 4.84. The third-order valence-electron chi connectivity index (χ3n) is 4.52. The standard InChI is InChI=1S/C14H21N3O4S/c1-9-13(22(19,20)16(2)3)4-12(21-9)14(18)17-7-10-5-15-6-11(10)8-17/h4,10-11,15H,5-8H2,1-3H3/t10-,11+. The first-order valence-electron chi connectivity index (χ1n) is 7.33. The molecule has 7 nitrogen and oxygen atoms in total. The Bertz CT molecular complexity index is 683. The first-order chi connectivity index (χ1) is 10.3. The molecule has 22 heavy (non-hydrogen) atoms. The van der Waals surface area contributed by atoms with Crippen LogP contribution in [0, 0.1) is 18.8 Å². The Kier molecular flexibility index (Phi) is 3.78. The molecular weight excluding hydrogens is 306 g/mol. The van der Waals surface area contributed by atoms with Gasteiger partial charge in [0.05, 0.1) is 0 Å². The summed E-state index contributed by atoms with van der Waals surface area (Å²) in [4.78, 5) is 14.4. The van der Waals surface area contributed by atoms with Gasteiger partial charge in [0.2, 0.25) is 10.0 Å². The number of amides is 1. The van der Waals surface area contributed by atoms with Gasteiger partial charge in [0.1, 0.15) is 10.7 Å². The average molecular weight is 327 g/mol. The fourth-order valence-corrected chi connectivity index (χ4v) is 4.25. The lowest BCUT2D eigenvalue weighted by atomic mass is 10.0. The molecule has 2 aliphatic heterocycles. The minimum absolute atomic E-state index is 0.0573. The van der Waals surface area contributed by atoms with Gasteiger partial charge in [0, 0.05) is 46.3 Å². The second-order valence-electron chi connectivity index (χ2n) is 6.21. The van der Waals surface area contributed by atoms with Crippen molar-refractivity contribution in [1.29, 1.82) is 0 Å². The monoisotopic (exact) mass is 327 g/mol. The second-order valence-corrected chi connectivity index (χ2v) is 8.33. The smallest absolute Gasteiger partial charge is 0.289 e. The molecule has 0 radical (unpaired) electrons. The van der Waals surface area contributed by atoms with Gasteiger partial charge in [-0.2, -0.15) is 0 Å². The first-order valence-corrected chi connectivity index (χ1v) is 8.77. The van der Waals surface area contributed by atoms with Crippen LogP contribution in [-0.2, 0) is 10.0 Å². The lowest BCUT2D eigenvalue weighted by Gasteiger charge is -2.15. The number of aryl methyl sites for hydroxylation is 1. The largest absolute Gasteiger partial charge is 0.455 e. The van der Waals surface area contributed by atoms with E-state index in [1.807, 2.05) is 0 Å². The number of likely N-dealkylation sites (tertiary alicyclic amines) is 1. The van der Waals surface area contributed by atoms with Crippen molar-refractivity contribution in [2.45, 2.75) is 11.8 Å². The van der Waals surface area contributed by atoms with E-state index in [1.165, 1.54) is 20.2 Å². The molecule has 3 rings (SSSR count). The number of carbonyl (C=O) groups excluding carboxylic acids is 1. The third kappa shape index (κ3) is 2.45. The van der Waals surface area contributed by atoms with Gasteiger partial charge in [-0.3, -0.25) is 4.79 Å². The van der Waals surface area contributed by atoms with Crippen LogP contribution in [0.2, 0.25) is 0 Å². The fraction of sp³-hybridized carbons (Fsp3) is 0.643. The Balaban J connectivity index is 1.83. The van der Waals surface area contributed by atoms with Crippen LogP contribution in [0.5, 0.6) is 0 Å². The highest BCUT2D eigenvalue weighted by Gasteiger charge is 2.39. The normalized spacial score (nSPS) is 25.0. The van der Waals surface area contributed by atoms with Crippen LogP contribution in [0.3, 0.4) is 0 Å². The molecule has 0 bridgehead atoms. The van der Waals surface area contributed by atoms with Crippen molar-refractivity contribution in [1.82, 2.24) is 14.5 Å². The number of nitrogens with zero attached hydrogens (tertiary/aromatic N) is 2. The molecule has 3 heterocycles. The van der Waals surface area contributed by atoms with E-state index >= 15 is 0 Å². The zero-order valence-electron chi connectivity index (χ0n) is 13.0. The lowest BCUT2D eigenvalue weighted by Crippen LogP contribution is -2.31. The summed E-state index contributed by atoms with van der Waals surface area (Å²) in [7, 11) is -0.687. The maximum atomic E-state index is 12.5. The third-order valence-corrected chi connectivity index (χ3v) is 6.44. The molecule has 0 aliphatic carbocycles. The van der Waals surface area contributed by atoms with Crippen molar-refractivity contribution in [3.8, 4) is 0 Å². The molecule has 1 aromatic heterocycles. The number of hydrogen-bond acceptors (Lipinski definition) is 5. The first kappa shape index (κ1) is 15.5. The van der Waals surface area contributed by atoms with E-state index in [1.54, 1.807) is 11.8 Å². The van der Waals surface area contributed by atoms with E-state index in [0.29, 0.717) is 24.9 Å². The Labute approximate surface area is 130 Å². The van der Waals surface area contributed by atoms with E-state index < -0.39 is 10.0 Å². The molecule has 0 spiro atoms. The molecular formula is C14H21N3O4S. The minimum atomic E-state index is -3.60. The van der Waals surface area contributed by atoms with E-state index in [4.69, 9.17) is 4.42 Å². The minimum Gasteiger partial charge on any atom is -0.455 e. The molecule has 122 valence electrons. The number of hydrogen-bond donors (Lipinski definition) is 1. The van der Waals surface area contributed by atoms with Gasteiger partial charge < -0.3 is 14.6 Å². The van der Waals surface area contributed by atoms with E-state index in [-0.39, 0.29) is 22.3 Å². The van der Waals surface area contributed by atoms with Crippen LogP contribution in [0.25, 0.3) is 0 Å². The van der Waals surface area contributed by atoms with Gasteiger partial charge in [0.15, 0.2) is 5.76 Å². The zero-order valence-corrected chi connectivity index (χ0v) is 13.8. The van der Waals surface area contributed by atoms with Gasteiger partial charge in [-0.1, -0.05) is 0 Å². The Morgan fingerprint density at radius 2 is 1.91 bits per heavy atom. The van der Waals surface area contributed by atoms with Crippen molar-refractivity contribution in [3.63, 3.8) is 0 Å². The molecule has 0 saturated carbocycles.